The standard InChI is InChI=1S/C15H8BrF2N3OS/c16-10-3-9(5-19-6-10)14(22)21-15-20-13(7-23-15)8-1-2-11(17)12(18)4-8/h1-7H,(H,20,21,22). The lowest BCUT2D eigenvalue weighted by Gasteiger charge is -2.01. The van der Waals surface area contributed by atoms with Crippen molar-refractivity contribution in [3.05, 3.63) is 63.7 Å². The second-order valence-electron chi connectivity index (χ2n) is 4.51. The van der Waals surface area contributed by atoms with E-state index in [1.165, 1.54) is 23.6 Å². The van der Waals surface area contributed by atoms with Crippen molar-refractivity contribution in [3.63, 3.8) is 0 Å². The van der Waals surface area contributed by atoms with Gasteiger partial charge in [0, 0.05) is 27.8 Å². The van der Waals surface area contributed by atoms with Crippen molar-refractivity contribution in [2.24, 2.45) is 0 Å². The summed E-state index contributed by atoms with van der Waals surface area (Å²) in [7, 11) is 0. The molecular formula is C15H8BrF2N3OS. The van der Waals surface area contributed by atoms with Crippen LogP contribution in [-0.2, 0) is 0 Å². The van der Waals surface area contributed by atoms with Gasteiger partial charge in [0.05, 0.1) is 11.3 Å². The molecule has 4 nitrogen and oxygen atoms in total. The number of pyridine rings is 1. The summed E-state index contributed by atoms with van der Waals surface area (Å²) in [5, 5.41) is 4.65. The van der Waals surface area contributed by atoms with E-state index in [1.807, 2.05) is 0 Å². The number of carbonyl (C=O) groups excluding carboxylic acids is 1. The van der Waals surface area contributed by atoms with Gasteiger partial charge in [0.1, 0.15) is 0 Å². The van der Waals surface area contributed by atoms with Crippen LogP contribution in [0.2, 0.25) is 0 Å². The van der Waals surface area contributed by atoms with E-state index in [1.54, 1.807) is 17.6 Å². The Morgan fingerprint density at radius 1 is 1.17 bits per heavy atom. The van der Waals surface area contributed by atoms with E-state index in [0.29, 0.717) is 26.4 Å². The van der Waals surface area contributed by atoms with Crippen LogP contribution >= 0.6 is 27.3 Å². The van der Waals surface area contributed by atoms with Crippen LogP contribution in [0.25, 0.3) is 11.3 Å². The van der Waals surface area contributed by atoms with Crippen LogP contribution in [0.15, 0.2) is 46.5 Å². The van der Waals surface area contributed by atoms with Crippen LogP contribution < -0.4 is 5.32 Å². The van der Waals surface area contributed by atoms with Gasteiger partial charge in [-0.25, -0.2) is 13.8 Å². The van der Waals surface area contributed by atoms with E-state index < -0.39 is 11.6 Å². The van der Waals surface area contributed by atoms with Crippen LogP contribution in [0.4, 0.5) is 13.9 Å². The Morgan fingerprint density at radius 2 is 2.00 bits per heavy atom. The van der Waals surface area contributed by atoms with Gasteiger partial charge in [-0.1, -0.05) is 0 Å². The summed E-state index contributed by atoms with van der Waals surface area (Å²) in [5.41, 5.74) is 1.27. The van der Waals surface area contributed by atoms with E-state index in [-0.39, 0.29) is 5.91 Å². The lowest BCUT2D eigenvalue weighted by Crippen LogP contribution is -2.11. The van der Waals surface area contributed by atoms with Gasteiger partial charge in [0.25, 0.3) is 5.91 Å². The first-order valence-corrected chi connectivity index (χ1v) is 8.03. The summed E-state index contributed by atoms with van der Waals surface area (Å²) in [4.78, 5) is 20.2. The van der Waals surface area contributed by atoms with Gasteiger partial charge in [-0.05, 0) is 40.2 Å². The maximum Gasteiger partial charge on any atom is 0.259 e. The number of anilines is 1. The fourth-order valence-electron chi connectivity index (χ4n) is 1.82. The molecule has 3 aromatic rings. The monoisotopic (exact) mass is 395 g/mol. The minimum absolute atomic E-state index is 0.356. The quantitative estimate of drug-likeness (QED) is 0.710. The number of hydrogen-bond donors (Lipinski definition) is 1. The number of thiazole rings is 1. The molecule has 1 aromatic carbocycles. The molecule has 0 aliphatic rings. The van der Waals surface area contributed by atoms with Crippen molar-refractivity contribution in [1.82, 2.24) is 9.97 Å². The molecule has 0 aliphatic heterocycles. The molecule has 0 saturated heterocycles. The van der Waals surface area contributed by atoms with Crippen molar-refractivity contribution in [1.29, 1.82) is 0 Å². The van der Waals surface area contributed by atoms with Crippen LogP contribution in [-0.4, -0.2) is 15.9 Å². The van der Waals surface area contributed by atoms with Crippen LogP contribution in [0.5, 0.6) is 0 Å². The first kappa shape index (κ1) is 15.7. The van der Waals surface area contributed by atoms with Gasteiger partial charge in [-0.15, -0.1) is 11.3 Å². The first-order chi connectivity index (χ1) is 11.0. The smallest absolute Gasteiger partial charge is 0.259 e. The van der Waals surface area contributed by atoms with E-state index in [9.17, 15) is 13.6 Å². The molecule has 0 aliphatic carbocycles. The second-order valence-corrected chi connectivity index (χ2v) is 6.29. The van der Waals surface area contributed by atoms with Crippen LogP contribution in [0.1, 0.15) is 10.4 Å². The fraction of sp³-hybridized carbons (Fsp3) is 0. The van der Waals surface area contributed by atoms with E-state index in [0.717, 1.165) is 12.1 Å². The molecule has 23 heavy (non-hydrogen) atoms. The van der Waals surface area contributed by atoms with E-state index in [4.69, 9.17) is 0 Å². The Morgan fingerprint density at radius 3 is 2.74 bits per heavy atom. The SMILES string of the molecule is O=C(Nc1nc(-c2ccc(F)c(F)c2)cs1)c1cncc(Br)c1. The molecule has 3 rings (SSSR count). The summed E-state index contributed by atoms with van der Waals surface area (Å²) in [5.74, 6) is -2.22. The third-order valence-electron chi connectivity index (χ3n) is 2.91. The lowest BCUT2D eigenvalue weighted by molar-refractivity contribution is 0.102. The predicted molar refractivity (Wildman–Crippen MR) is 87.4 cm³/mol. The van der Waals surface area contributed by atoms with Crippen molar-refractivity contribution in [2.45, 2.75) is 0 Å². The molecule has 8 heteroatoms. The molecule has 116 valence electrons. The number of amides is 1. The van der Waals surface area contributed by atoms with Crippen molar-refractivity contribution in [3.8, 4) is 11.3 Å². The minimum atomic E-state index is -0.943. The lowest BCUT2D eigenvalue weighted by atomic mass is 10.2. The van der Waals surface area contributed by atoms with Gasteiger partial charge in [0.2, 0.25) is 0 Å². The number of aromatic nitrogens is 2. The molecule has 0 radical (unpaired) electrons. The Labute approximate surface area is 142 Å². The molecule has 1 amide bonds. The first-order valence-electron chi connectivity index (χ1n) is 6.36. The maximum atomic E-state index is 13.3. The van der Waals surface area contributed by atoms with Crippen molar-refractivity contribution in [2.75, 3.05) is 5.32 Å². The third-order valence-corrected chi connectivity index (χ3v) is 4.10. The number of benzene rings is 1. The number of hydrogen-bond acceptors (Lipinski definition) is 4. The highest BCUT2D eigenvalue weighted by Crippen LogP contribution is 2.26. The Kier molecular flexibility index (Phi) is 4.44. The number of nitrogens with one attached hydrogen (secondary N) is 1. The zero-order chi connectivity index (χ0) is 16.4. The van der Waals surface area contributed by atoms with Crippen LogP contribution in [0.3, 0.4) is 0 Å². The molecule has 0 bridgehead atoms. The number of rotatable bonds is 3. The molecule has 2 aromatic heterocycles. The second kappa shape index (κ2) is 6.51. The number of nitrogens with zero attached hydrogens (tertiary/aromatic N) is 2. The van der Waals surface area contributed by atoms with Crippen molar-refractivity contribution < 1.29 is 13.6 Å². The van der Waals surface area contributed by atoms with Gasteiger partial charge in [-0.3, -0.25) is 15.1 Å². The summed E-state index contributed by atoms with van der Waals surface area (Å²) in [6.07, 6.45) is 3.01. The number of carbonyl (C=O) groups is 1. The highest BCUT2D eigenvalue weighted by molar-refractivity contribution is 9.10. The van der Waals surface area contributed by atoms with Crippen LogP contribution in [0, 0.1) is 11.6 Å². The molecule has 0 spiro atoms. The summed E-state index contributed by atoms with van der Waals surface area (Å²) >= 11 is 4.43. The van der Waals surface area contributed by atoms with Gasteiger partial charge < -0.3 is 0 Å². The largest absolute Gasteiger partial charge is 0.298 e. The minimum Gasteiger partial charge on any atom is -0.298 e. The predicted octanol–water partition coefficient (Wildman–Crippen LogP) is 4.50. The van der Waals surface area contributed by atoms with Crippen molar-refractivity contribution >= 4 is 38.3 Å². The number of halogens is 3. The Balaban J connectivity index is 1.79. The van der Waals surface area contributed by atoms with Gasteiger partial charge >= 0.3 is 0 Å². The zero-order valence-corrected chi connectivity index (χ0v) is 13.8. The Hall–Kier alpha value is -2.19. The molecule has 0 unspecified atom stereocenters. The average Bonchev–Trinajstić information content (AvgIpc) is 2.98. The summed E-state index contributed by atoms with van der Waals surface area (Å²) in [6, 6.07) is 5.16. The molecular weight excluding hydrogens is 388 g/mol. The molecule has 2 heterocycles. The Bertz CT molecular complexity index is 885. The molecule has 0 fully saturated rings. The highest BCUT2D eigenvalue weighted by atomic mass is 79.9. The van der Waals surface area contributed by atoms with Gasteiger partial charge in [-0.2, -0.15) is 0 Å². The molecule has 0 saturated carbocycles. The average molecular weight is 396 g/mol. The molecule has 1 N–H and O–H groups in total. The normalized spacial score (nSPS) is 10.6. The summed E-state index contributed by atoms with van der Waals surface area (Å²) in [6.45, 7) is 0. The highest BCUT2D eigenvalue weighted by Gasteiger charge is 2.12. The zero-order valence-electron chi connectivity index (χ0n) is 11.4. The summed E-state index contributed by atoms with van der Waals surface area (Å²) < 4.78 is 26.9. The molecule has 0 atom stereocenters. The maximum absolute atomic E-state index is 13.3. The fourth-order valence-corrected chi connectivity index (χ4v) is 2.90. The van der Waals surface area contributed by atoms with E-state index >= 15 is 0 Å². The topological polar surface area (TPSA) is 54.9 Å². The third kappa shape index (κ3) is 3.59. The van der Waals surface area contributed by atoms with E-state index in [2.05, 4.69) is 31.2 Å². The van der Waals surface area contributed by atoms with Gasteiger partial charge in [0.15, 0.2) is 16.8 Å².